The van der Waals surface area contributed by atoms with Gasteiger partial charge < -0.3 is 9.64 Å². The first-order valence-electron chi connectivity index (χ1n) is 9.23. The third kappa shape index (κ3) is 3.49. The normalized spacial score (nSPS) is 22.8. The quantitative estimate of drug-likeness (QED) is 0.855. The first-order valence-corrected chi connectivity index (χ1v) is 9.23. The van der Waals surface area contributed by atoms with E-state index in [0.29, 0.717) is 31.4 Å². The van der Waals surface area contributed by atoms with E-state index in [1.807, 2.05) is 24.1 Å². The summed E-state index contributed by atoms with van der Waals surface area (Å²) in [6.45, 7) is 3.94. The first-order chi connectivity index (χ1) is 12.7. The number of nitrogens with zero attached hydrogens (tertiary/aromatic N) is 4. The molecular formula is C19H25N5O2. The van der Waals surface area contributed by atoms with Crippen LogP contribution in [0.1, 0.15) is 41.5 Å². The minimum Gasteiger partial charge on any atom is -0.377 e. The highest BCUT2D eigenvalue weighted by atomic mass is 16.5. The standard InChI is InChI=1S/C19H25N5O2/c1-12-8-20-6-5-14(12)7-18(25)24-9-15(13-3-4-13)16(10-24)19-21-17(11-26-2)22-23-19/h5-6,8,13,15-16H,3-4,7,9-11H2,1-2H3,(H,21,22,23)/t15-,16+/m1/s1. The van der Waals surface area contributed by atoms with E-state index < -0.39 is 0 Å². The van der Waals surface area contributed by atoms with Crippen LogP contribution in [0.25, 0.3) is 0 Å². The van der Waals surface area contributed by atoms with Crippen LogP contribution in [-0.2, 0) is 22.6 Å². The SMILES string of the molecule is COCc1nc([C@H]2CN(C(=O)Cc3ccncc3C)C[C@@H]2C2CC2)n[nH]1. The van der Waals surface area contributed by atoms with Gasteiger partial charge in [0.1, 0.15) is 6.61 Å². The number of ether oxygens (including phenoxy) is 1. The first kappa shape index (κ1) is 17.1. The van der Waals surface area contributed by atoms with Gasteiger partial charge >= 0.3 is 0 Å². The van der Waals surface area contributed by atoms with E-state index in [1.165, 1.54) is 12.8 Å². The van der Waals surface area contributed by atoms with Crippen molar-refractivity contribution in [1.29, 1.82) is 0 Å². The van der Waals surface area contributed by atoms with Gasteiger partial charge in [0.05, 0.1) is 6.42 Å². The maximum absolute atomic E-state index is 12.9. The number of aromatic amines is 1. The van der Waals surface area contributed by atoms with Crippen molar-refractivity contribution in [3.05, 3.63) is 41.2 Å². The monoisotopic (exact) mass is 355 g/mol. The Labute approximate surface area is 153 Å². The van der Waals surface area contributed by atoms with E-state index in [2.05, 4.69) is 20.2 Å². The summed E-state index contributed by atoms with van der Waals surface area (Å²) in [5.41, 5.74) is 2.12. The second kappa shape index (κ2) is 7.15. The van der Waals surface area contributed by atoms with Crippen LogP contribution in [0.5, 0.6) is 0 Å². The fraction of sp³-hybridized carbons (Fsp3) is 0.579. The summed E-state index contributed by atoms with van der Waals surface area (Å²) in [6.07, 6.45) is 6.50. The molecule has 2 aromatic heterocycles. The molecule has 1 saturated heterocycles. The summed E-state index contributed by atoms with van der Waals surface area (Å²) in [7, 11) is 1.65. The van der Waals surface area contributed by atoms with Crippen LogP contribution in [0.3, 0.4) is 0 Å². The van der Waals surface area contributed by atoms with E-state index in [9.17, 15) is 4.79 Å². The number of H-pyrrole nitrogens is 1. The number of carbonyl (C=O) groups is 1. The van der Waals surface area contributed by atoms with Crippen LogP contribution in [0.15, 0.2) is 18.5 Å². The average Bonchev–Trinajstić information content (AvgIpc) is 3.20. The maximum Gasteiger partial charge on any atom is 0.227 e. The Kier molecular flexibility index (Phi) is 4.72. The second-order valence-electron chi connectivity index (χ2n) is 7.46. The van der Waals surface area contributed by atoms with Crippen LogP contribution in [-0.4, -0.2) is 51.2 Å². The third-order valence-electron chi connectivity index (χ3n) is 5.59. The van der Waals surface area contributed by atoms with Crippen molar-refractivity contribution in [3.8, 4) is 0 Å². The number of hydrogen-bond donors (Lipinski definition) is 1. The molecule has 26 heavy (non-hydrogen) atoms. The van der Waals surface area contributed by atoms with Gasteiger partial charge in [-0.1, -0.05) is 0 Å². The summed E-state index contributed by atoms with van der Waals surface area (Å²) in [5, 5.41) is 7.37. The lowest BCUT2D eigenvalue weighted by molar-refractivity contribution is -0.129. The Morgan fingerprint density at radius 2 is 2.23 bits per heavy atom. The molecule has 1 aliphatic heterocycles. The molecule has 3 heterocycles. The van der Waals surface area contributed by atoms with E-state index in [4.69, 9.17) is 4.74 Å². The number of aryl methyl sites for hydroxylation is 1. The lowest BCUT2D eigenvalue weighted by Gasteiger charge is -2.17. The molecule has 2 aliphatic rings. The topological polar surface area (TPSA) is 84.0 Å². The highest BCUT2D eigenvalue weighted by Gasteiger charge is 2.45. The van der Waals surface area contributed by atoms with Gasteiger partial charge in [-0.25, -0.2) is 4.98 Å². The predicted octanol–water partition coefficient (Wildman–Crippen LogP) is 1.85. The van der Waals surface area contributed by atoms with E-state index in [0.717, 1.165) is 29.3 Å². The number of aromatic nitrogens is 4. The highest BCUT2D eigenvalue weighted by molar-refractivity contribution is 5.79. The molecule has 1 saturated carbocycles. The van der Waals surface area contributed by atoms with Crippen LogP contribution in [0, 0.1) is 18.8 Å². The minimum absolute atomic E-state index is 0.181. The van der Waals surface area contributed by atoms with Gasteiger partial charge in [0.15, 0.2) is 11.6 Å². The van der Waals surface area contributed by atoms with E-state index >= 15 is 0 Å². The summed E-state index contributed by atoms with van der Waals surface area (Å²) >= 11 is 0. The highest BCUT2D eigenvalue weighted by Crippen LogP contribution is 2.47. The van der Waals surface area contributed by atoms with Gasteiger partial charge in [0, 0.05) is 38.5 Å². The zero-order valence-electron chi connectivity index (χ0n) is 15.3. The molecule has 1 N–H and O–H groups in total. The van der Waals surface area contributed by atoms with Gasteiger partial charge in [0.2, 0.25) is 5.91 Å². The molecule has 7 nitrogen and oxygen atoms in total. The molecule has 0 unspecified atom stereocenters. The number of pyridine rings is 1. The summed E-state index contributed by atoms with van der Waals surface area (Å²) in [5.74, 6) is 3.12. The third-order valence-corrected chi connectivity index (χ3v) is 5.59. The summed E-state index contributed by atoms with van der Waals surface area (Å²) in [4.78, 5) is 23.6. The van der Waals surface area contributed by atoms with Gasteiger partial charge in [-0.3, -0.25) is 14.9 Å². The fourth-order valence-electron chi connectivity index (χ4n) is 3.96. The molecule has 0 spiro atoms. The van der Waals surface area contributed by atoms with Gasteiger partial charge in [0.25, 0.3) is 0 Å². The Hall–Kier alpha value is -2.28. The van der Waals surface area contributed by atoms with Crippen molar-refractivity contribution in [3.63, 3.8) is 0 Å². The molecule has 0 bridgehead atoms. The summed E-state index contributed by atoms with van der Waals surface area (Å²) < 4.78 is 5.12. The molecule has 138 valence electrons. The van der Waals surface area contributed by atoms with Gasteiger partial charge in [-0.2, -0.15) is 5.10 Å². The Morgan fingerprint density at radius 1 is 1.38 bits per heavy atom. The Morgan fingerprint density at radius 3 is 2.96 bits per heavy atom. The zero-order valence-corrected chi connectivity index (χ0v) is 15.3. The molecule has 2 fully saturated rings. The van der Waals surface area contributed by atoms with Crippen LogP contribution in [0.2, 0.25) is 0 Å². The number of nitrogens with one attached hydrogen (secondary N) is 1. The molecule has 2 atom stereocenters. The lowest BCUT2D eigenvalue weighted by atomic mass is 9.91. The average molecular weight is 355 g/mol. The maximum atomic E-state index is 12.9. The number of rotatable bonds is 6. The fourth-order valence-corrected chi connectivity index (χ4v) is 3.96. The molecule has 2 aromatic rings. The zero-order chi connectivity index (χ0) is 18.1. The van der Waals surface area contributed by atoms with E-state index in [1.54, 1.807) is 13.3 Å². The van der Waals surface area contributed by atoms with Crippen LogP contribution in [0.4, 0.5) is 0 Å². The molecule has 1 amide bonds. The molecular weight excluding hydrogens is 330 g/mol. The number of hydrogen-bond acceptors (Lipinski definition) is 5. The van der Waals surface area contributed by atoms with Crippen molar-refractivity contribution in [2.75, 3.05) is 20.2 Å². The second-order valence-corrected chi connectivity index (χ2v) is 7.46. The van der Waals surface area contributed by atoms with Crippen molar-refractivity contribution >= 4 is 5.91 Å². The van der Waals surface area contributed by atoms with Gasteiger partial charge in [-0.15, -0.1) is 0 Å². The molecule has 0 radical (unpaired) electrons. The lowest BCUT2D eigenvalue weighted by Crippen LogP contribution is -2.30. The van der Waals surface area contributed by atoms with Crippen molar-refractivity contribution in [1.82, 2.24) is 25.1 Å². The van der Waals surface area contributed by atoms with E-state index in [-0.39, 0.29) is 11.8 Å². The molecule has 0 aromatic carbocycles. The number of likely N-dealkylation sites (tertiary alicyclic amines) is 1. The Bertz CT molecular complexity index is 786. The smallest absolute Gasteiger partial charge is 0.227 e. The molecule has 7 heteroatoms. The summed E-state index contributed by atoms with van der Waals surface area (Å²) in [6, 6.07) is 1.94. The number of methoxy groups -OCH3 is 1. The molecule has 1 aliphatic carbocycles. The minimum atomic E-state index is 0.181. The number of amides is 1. The predicted molar refractivity (Wildman–Crippen MR) is 95.3 cm³/mol. The number of carbonyl (C=O) groups excluding carboxylic acids is 1. The van der Waals surface area contributed by atoms with Gasteiger partial charge in [-0.05, 0) is 48.8 Å². The molecule has 4 rings (SSSR count). The van der Waals surface area contributed by atoms with Crippen molar-refractivity contribution < 1.29 is 9.53 Å². The van der Waals surface area contributed by atoms with Crippen LogP contribution < -0.4 is 0 Å². The van der Waals surface area contributed by atoms with Crippen molar-refractivity contribution in [2.24, 2.45) is 11.8 Å². The van der Waals surface area contributed by atoms with Crippen molar-refractivity contribution in [2.45, 2.75) is 38.7 Å². The van der Waals surface area contributed by atoms with Crippen LogP contribution >= 0.6 is 0 Å². The Balaban J connectivity index is 1.48. The largest absolute Gasteiger partial charge is 0.377 e.